The van der Waals surface area contributed by atoms with Crippen molar-refractivity contribution in [2.45, 2.75) is 33.1 Å². The summed E-state index contributed by atoms with van der Waals surface area (Å²) in [6.07, 6.45) is 2.22. The summed E-state index contributed by atoms with van der Waals surface area (Å²) in [6.45, 7) is 6.64. The third kappa shape index (κ3) is 3.35. The molecule has 4 rings (SSSR count). The molecule has 0 aliphatic carbocycles. The number of hydrogen-bond acceptors (Lipinski definition) is 4. The van der Waals surface area contributed by atoms with Crippen molar-refractivity contribution in [3.05, 3.63) is 64.8 Å². The molecule has 0 saturated heterocycles. The van der Waals surface area contributed by atoms with Crippen molar-refractivity contribution in [2.75, 3.05) is 19.0 Å². The van der Waals surface area contributed by atoms with Crippen LogP contribution in [0.1, 0.15) is 41.5 Å². The molecule has 1 N–H and O–H groups in total. The molecule has 2 aromatic carbocycles. The molecule has 150 valence electrons. The highest BCUT2D eigenvalue weighted by Gasteiger charge is 2.31. The molecule has 6 nitrogen and oxygen atoms in total. The number of ether oxygens (including phenoxy) is 2. The van der Waals surface area contributed by atoms with Gasteiger partial charge in [-0.15, -0.1) is 0 Å². The maximum absolute atomic E-state index is 12.6. The van der Waals surface area contributed by atoms with Crippen LogP contribution in [0.5, 0.6) is 11.5 Å². The quantitative estimate of drug-likeness (QED) is 0.701. The van der Waals surface area contributed by atoms with Gasteiger partial charge in [0.2, 0.25) is 5.91 Å². The maximum atomic E-state index is 12.6. The topological polar surface area (TPSA) is 65.4 Å². The Morgan fingerprint density at radius 2 is 2.03 bits per heavy atom. The second kappa shape index (κ2) is 7.62. The first-order chi connectivity index (χ1) is 14.0. The predicted molar refractivity (Wildman–Crippen MR) is 112 cm³/mol. The molecular formula is C23H25N3O3. The molecule has 6 heteroatoms. The Bertz CT molecular complexity index is 1070. The number of methoxy groups -OCH3 is 1. The number of fused-ring (bicyclic) bond motifs is 1. The molecule has 0 radical (unpaired) electrons. The molecule has 29 heavy (non-hydrogen) atoms. The van der Waals surface area contributed by atoms with Gasteiger partial charge in [0.15, 0.2) is 11.5 Å². The van der Waals surface area contributed by atoms with Gasteiger partial charge in [-0.25, -0.2) is 4.68 Å². The summed E-state index contributed by atoms with van der Waals surface area (Å²) in [5.41, 5.74) is 5.29. The fraction of sp³-hybridized carbons (Fsp3) is 0.304. The lowest BCUT2D eigenvalue weighted by Crippen LogP contribution is -2.24. The summed E-state index contributed by atoms with van der Waals surface area (Å²) in [6, 6.07) is 11.9. The lowest BCUT2D eigenvalue weighted by molar-refractivity contribution is -0.116. The number of anilines is 1. The van der Waals surface area contributed by atoms with Gasteiger partial charge in [-0.3, -0.25) is 4.79 Å². The van der Waals surface area contributed by atoms with Crippen molar-refractivity contribution in [2.24, 2.45) is 0 Å². The van der Waals surface area contributed by atoms with Crippen LogP contribution in [-0.2, 0) is 4.79 Å². The fourth-order valence-corrected chi connectivity index (χ4v) is 3.84. The van der Waals surface area contributed by atoms with E-state index in [-0.39, 0.29) is 11.8 Å². The van der Waals surface area contributed by atoms with Gasteiger partial charge >= 0.3 is 0 Å². The van der Waals surface area contributed by atoms with Crippen molar-refractivity contribution in [3.63, 3.8) is 0 Å². The fourth-order valence-electron chi connectivity index (χ4n) is 3.84. The molecular weight excluding hydrogens is 366 g/mol. The van der Waals surface area contributed by atoms with Crippen molar-refractivity contribution in [3.8, 4) is 17.2 Å². The summed E-state index contributed by atoms with van der Waals surface area (Å²) in [5, 5.41) is 7.64. The van der Waals surface area contributed by atoms with E-state index in [1.165, 1.54) is 5.56 Å². The molecule has 0 saturated carbocycles. The van der Waals surface area contributed by atoms with E-state index in [2.05, 4.69) is 30.3 Å². The number of nitrogens with one attached hydrogen (secondary N) is 1. The number of aromatic nitrogens is 2. The molecule has 1 amide bonds. The second-order valence-corrected chi connectivity index (χ2v) is 7.23. The van der Waals surface area contributed by atoms with E-state index in [9.17, 15) is 4.79 Å². The number of aryl methyl sites for hydroxylation is 1. The lowest BCUT2D eigenvalue weighted by atomic mass is 9.87. The zero-order valence-electron chi connectivity index (χ0n) is 17.2. The van der Waals surface area contributed by atoms with Gasteiger partial charge in [-0.2, -0.15) is 5.10 Å². The minimum Gasteiger partial charge on any atom is -0.493 e. The highest BCUT2D eigenvalue weighted by molar-refractivity contribution is 5.94. The van der Waals surface area contributed by atoms with E-state index < -0.39 is 0 Å². The van der Waals surface area contributed by atoms with Crippen LogP contribution in [0, 0.1) is 13.8 Å². The summed E-state index contributed by atoms with van der Waals surface area (Å²) < 4.78 is 13.0. The van der Waals surface area contributed by atoms with Crippen LogP contribution in [-0.4, -0.2) is 29.4 Å². The molecule has 1 aromatic heterocycles. The molecule has 1 atom stereocenters. The standard InChI is InChI=1S/C23H25N3O3/c1-5-29-20-10-9-16(11-21(20)28-4)17-12-22(27)25-23-18(17)13-24-26(23)19-8-6-7-14(2)15(19)3/h6-11,13,17H,5,12H2,1-4H3,(H,25,27). The Kier molecular flexibility index (Phi) is 5.01. The smallest absolute Gasteiger partial charge is 0.226 e. The number of amides is 1. The van der Waals surface area contributed by atoms with Gasteiger partial charge in [0, 0.05) is 17.9 Å². The maximum Gasteiger partial charge on any atom is 0.226 e. The molecule has 0 spiro atoms. The van der Waals surface area contributed by atoms with Crippen LogP contribution in [0.25, 0.3) is 5.69 Å². The summed E-state index contributed by atoms with van der Waals surface area (Å²) in [4.78, 5) is 12.6. The SMILES string of the molecule is CCOc1ccc(C2CC(=O)Nc3c2cnn3-c2cccc(C)c2C)cc1OC. The van der Waals surface area contributed by atoms with Crippen LogP contribution in [0.4, 0.5) is 5.82 Å². The van der Waals surface area contributed by atoms with Crippen molar-refractivity contribution in [1.82, 2.24) is 9.78 Å². The third-order valence-corrected chi connectivity index (χ3v) is 5.51. The first kappa shape index (κ1) is 19.1. The number of benzene rings is 2. The van der Waals surface area contributed by atoms with Crippen molar-refractivity contribution < 1.29 is 14.3 Å². The zero-order valence-corrected chi connectivity index (χ0v) is 17.2. The van der Waals surface area contributed by atoms with Gasteiger partial charge in [0.25, 0.3) is 0 Å². The zero-order chi connectivity index (χ0) is 20.5. The minimum absolute atomic E-state index is 0.0255. The minimum atomic E-state index is -0.0952. The number of nitrogens with zero attached hydrogens (tertiary/aromatic N) is 2. The number of rotatable bonds is 5. The summed E-state index contributed by atoms with van der Waals surface area (Å²) >= 11 is 0. The molecule has 0 fully saturated rings. The largest absolute Gasteiger partial charge is 0.493 e. The molecule has 1 aliphatic rings. The Morgan fingerprint density at radius 3 is 2.79 bits per heavy atom. The van der Waals surface area contributed by atoms with Crippen molar-refractivity contribution in [1.29, 1.82) is 0 Å². The number of carbonyl (C=O) groups is 1. The first-order valence-electron chi connectivity index (χ1n) is 9.78. The number of hydrogen-bond donors (Lipinski definition) is 1. The van der Waals surface area contributed by atoms with Crippen LogP contribution in [0.3, 0.4) is 0 Å². The monoisotopic (exact) mass is 391 g/mol. The average molecular weight is 391 g/mol. The van der Waals surface area contributed by atoms with Gasteiger partial charge < -0.3 is 14.8 Å². The van der Waals surface area contributed by atoms with E-state index in [0.717, 1.165) is 28.2 Å². The van der Waals surface area contributed by atoms with Crippen LogP contribution < -0.4 is 14.8 Å². The predicted octanol–water partition coefficient (Wildman–Crippen LogP) is 4.37. The first-order valence-corrected chi connectivity index (χ1v) is 9.78. The molecule has 3 aromatic rings. The number of carbonyl (C=O) groups excluding carboxylic acids is 1. The van der Waals surface area contributed by atoms with Crippen molar-refractivity contribution >= 4 is 11.7 Å². The Labute approximate surface area is 170 Å². The third-order valence-electron chi connectivity index (χ3n) is 5.51. The van der Waals surface area contributed by atoms with E-state index >= 15 is 0 Å². The van der Waals surface area contributed by atoms with Gasteiger partial charge in [0.1, 0.15) is 5.82 Å². The second-order valence-electron chi connectivity index (χ2n) is 7.23. The molecule has 1 aliphatic heterocycles. The van der Waals surface area contributed by atoms with E-state index in [1.807, 2.05) is 48.1 Å². The Morgan fingerprint density at radius 1 is 1.21 bits per heavy atom. The van der Waals surface area contributed by atoms with E-state index in [1.54, 1.807) is 7.11 Å². The van der Waals surface area contributed by atoms with Crippen LogP contribution >= 0.6 is 0 Å². The molecule has 0 bridgehead atoms. The van der Waals surface area contributed by atoms with E-state index in [4.69, 9.17) is 9.47 Å². The lowest BCUT2D eigenvalue weighted by Gasteiger charge is -2.25. The average Bonchev–Trinajstić information content (AvgIpc) is 3.13. The Balaban J connectivity index is 1.79. The normalized spacial score (nSPS) is 15.6. The highest BCUT2D eigenvalue weighted by Crippen LogP contribution is 2.41. The molecule has 2 heterocycles. The van der Waals surface area contributed by atoms with Gasteiger partial charge in [-0.1, -0.05) is 18.2 Å². The summed E-state index contributed by atoms with van der Waals surface area (Å²) in [5.74, 6) is 1.97. The van der Waals surface area contributed by atoms with Gasteiger partial charge in [0.05, 0.1) is 25.6 Å². The summed E-state index contributed by atoms with van der Waals surface area (Å²) in [7, 11) is 1.62. The van der Waals surface area contributed by atoms with Crippen LogP contribution in [0.2, 0.25) is 0 Å². The van der Waals surface area contributed by atoms with Gasteiger partial charge in [-0.05, 0) is 55.7 Å². The highest BCUT2D eigenvalue weighted by atomic mass is 16.5. The van der Waals surface area contributed by atoms with Crippen LogP contribution in [0.15, 0.2) is 42.6 Å². The van der Waals surface area contributed by atoms with E-state index in [0.29, 0.717) is 24.5 Å². The molecule has 1 unspecified atom stereocenters. The Hall–Kier alpha value is -3.28.